The molecule has 1 atom stereocenters. The number of esters is 1. The third-order valence-electron chi connectivity index (χ3n) is 3.06. The lowest BCUT2D eigenvalue weighted by molar-refractivity contribution is -0.383. The van der Waals surface area contributed by atoms with Gasteiger partial charge >= 0.3 is 5.97 Å². The number of carbonyl (C=O) groups is 2. The first kappa shape index (κ1) is 16.6. The van der Waals surface area contributed by atoms with Gasteiger partial charge in [-0.05, 0) is 36.9 Å². The number of aryl methyl sites for hydroxylation is 1. The second-order valence-electron chi connectivity index (χ2n) is 4.74. The monoisotopic (exact) mass is 334 g/mol. The highest BCUT2D eigenvalue weighted by Gasteiger charge is 2.23. The van der Waals surface area contributed by atoms with E-state index in [1.165, 1.54) is 36.5 Å². The van der Waals surface area contributed by atoms with Gasteiger partial charge < -0.3 is 10.1 Å². The summed E-state index contributed by atoms with van der Waals surface area (Å²) in [5.74, 6) is -1.23. The van der Waals surface area contributed by atoms with E-state index in [0.717, 1.165) is 5.56 Å². The van der Waals surface area contributed by atoms with Crippen LogP contribution < -0.4 is 5.32 Å². The number of nitrogens with zero attached hydrogens (tertiary/aromatic N) is 1. The standard InChI is InChI=1S/C15H14N2O5S/c1-9-7-8-23-13(9)15(19)22-10(2)14(18)16-11-5-3-4-6-12(11)17(20)21/h3-8,10H,1-2H3,(H,16,18)/t10-/m0/s1. The van der Waals surface area contributed by atoms with Gasteiger partial charge in [-0.1, -0.05) is 12.1 Å². The number of ether oxygens (including phenoxy) is 1. The minimum Gasteiger partial charge on any atom is -0.448 e. The van der Waals surface area contributed by atoms with Crippen molar-refractivity contribution in [1.29, 1.82) is 0 Å². The van der Waals surface area contributed by atoms with E-state index < -0.39 is 22.9 Å². The van der Waals surface area contributed by atoms with Gasteiger partial charge in [0, 0.05) is 6.07 Å². The maximum absolute atomic E-state index is 12.1. The Labute approximate surface area is 136 Å². The Morgan fingerprint density at radius 3 is 2.61 bits per heavy atom. The number of para-hydroxylation sites is 2. The van der Waals surface area contributed by atoms with Crippen LogP contribution in [0.3, 0.4) is 0 Å². The number of nitro groups is 1. The number of hydrogen-bond donors (Lipinski definition) is 1. The van der Waals surface area contributed by atoms with Gasteiger partial charge in [0.2, 0.25) is 0 Å². The molecule has 8 heteroatoms. The Morgan fingerprint density at radius 1 is 1.30 bits per heavy atom. The molecule has 1 aromatic heterocycles. The van der Waals surface area contributed by atoms with Gasteiger partial charge in [-0.2, -0.15) is 0 Å². The molecule has 7 nitrogen and oxygen atoms in total. The average Bonchev–Trinajstić information content (AvgIpc) is 2.93. The van der Waals surface area contributed by atoms with Crippen LogP contribution in [0.4, 0.5) is 11.4 Å². The Hall–Kier alpha value is -2.74. The maximum Gasteiger partial charge on any atom is 0.349 e. The van der Waals surface area contributed by atoms with E-state index in [1.807, 2.05) is 0 Å². The Morgan fingerprint density at radius 2 is 2.00 bits per heavy atom. The molecule has 0 radical (unpaired) electrons. The van der Waals surface area contributed by atoms with Crippen molar-refractivity contribution >= 4 is 34.6 Å². The van der Waals surface area contributed by atoms with Crippen molar-refractivity contribution in [2.45, 2.75) is 20.0 Å². The topological polar surface area (TPSA) is 98.5 Å². The minimum atomic E-state index is -1.08. The molecule has 0 aliphatic carbocycles. The molecule has 0 saturated heterocycles. The zero-order valence-electron chi connectivity index (χ0n) is 12.4. The highest BCUT2D eigenvalue weighted by Crippen LogP contribution is 2.23. The third-order valence-corrected chi connectivity index (χ3v) is 4.06. The van der Waals surface area contributed by atoms with Crippen LogP contribution in [-0.4, -0.2) is 22.9 Å². The van der Waals surface area contributed by atoms with Crippen molar-refractivity contribution < 1.29 is 19.2 Å². The molecule has 2 rings (SSSR count). The number of nitro benzene ring substituents is 1. The van der Waals surface area contributed by atoms with Crippen molar-refractivity contribution in [3.05, 3.63) is 56.3 Å². The summed E-state index contributed by atoms with van der Waals surface area (Å²) in [6, 6.07) is 7.53. The fourth-order valence-corrected chi connectivity index (χ4v) is 2.63. The predicted molar refractivity (Wildman–Crippen MR) is 85.7 cm³/mol. The number of anilines is 1. The lowest BCUT2D eigenvalue weighted by Crippen LogP contribution is -2.30. The summed E-state index contributed by atoms with van der Waals surface area (Å²) in [6.45, 7) is 3.18. The molecule has 1 heterocycles. The van der Waals surface area contributed by atoms with Crippen LogP contribution in [0.2, 0.25) is 0 Å². The van der Waals surface area contributed by atoms with E-state index in [2.05, 4.69) is 5.32 Å². The Bertz CT molecular complexity index is 756. The number of nitrogens with one attached hydrogen (secondary N) is 1. The van der Waals surface area contributed by atoms with Crippen molar-refractivity contribution in [3.8, 4) is 0 Å². The van der Waals surface area contributed by atoms with Crippen LogP contribution in [0.25, 0.3) is 0 Å². The minimum absolute atomic E-state index is 0.0534. The Kier molecular flexibility index (Phi) is 5.07. The SMILES string of the molecule is Cc1ccsc1C(=O)O[C@@H](C)C(=O)Nc1ccccc1[N+](=O)[O-]. The summed E-state index contributed by atoms with van der Waals surface area (Å²) in [5, 5.41) is 15.1. The highest BCUT2D eigenvalue weighted by molar-refractivity contribution is 7.12. The van der Waals surface area contributed by atoms with Gasteiger partial charge in [0.05, 0.1) is 4.92 Å². The third kappa shape index (κ3) is 3.92. The fourth-order valence-electron chi connectivity index (χ4n) is 1.82. The molecule has 23 heavy (non-hydrogen) atoms. The van der Waals surface area contributed by atoms with Crippen LogP contribution >= 0.6 is 11.3 Å². The van der Waals surface area contributed by atoms with Gasteiger partial charge in [-0.3, -0.25) is 14.9 Å². The van der Waals surface area contributed by atoms with Crippen molar-refractivity contribution in [2.24, 2.45) is 0 Å². The molecule has 120 valence electrons. The molecule has 0 aliphatic heterocycles. The Balaban J connectivity index is 2.05. The lowest BCUT2D eigenvalue weighted by Gasteiger charge is -2.13. The van der Waals surface area contributed by atoms with Crippen LogP contribution in [-0.2, 0) is 9.53 Å². The first-order valence-electron chi connectivity index (χ1n) is 6.69. The molecule has 0 saturated carbocycles. The molecular formula is C15H14N2O5S. The molecule has 1 amide bonds. The quantitative estimate of drug-likeness (QED) is 0.514. The first-order chi connectivity index (χ1) is 10.9. The van der Waals surface area contributed by atoms with Crippen molar-refractivity contribution in [2.75, 3.05) is 5.32 Å². The second-order valence-corrected chi connectivity index (χ2v) is 5.66. The molecule has 1 aromatic carbocycles. The van der Waals surface area contributed by atoms with E-state index in [4.69, 9.17) is 4.74 Å². The van der Waals surface area contributed by atoms with E-state index in [0.29, 0.717) is 4.88 Å². The summed E-state index contributed by atoms with van der Waals surface area (Å²) < 4.78 is 5.10. The molecule has 0 bridgehead atoms. The normalized spacial score (nSPS) is 11.6. The first-order valence-corrected chi connectivity index (χ1v) is 7.57. The smallest absolute Gasteiger partial charge is 0.349 e. The number of rotatable bonds is 5. The van der Waals surface area contributed by atoms with E-state index in [-0.39, 0.29) is 11.4 Å². The summed E-state index contributed by atoms with van der Waals surface area (Å²) in [4.78, 5) is 34.8. The molecule has 0 fully saturated rings. The second kappa shape index (κ2) is 7.01. The summed E-state index contributed by atoms with van der Waals surface area (Å²) in [7, 11) is 0. The van der Waals surface area contributed by atoms with E-state index in [1.54, 1.807) is 24.4 Å². The molecule has 1 N–H and O–H groups in total. The zero-order valence-corrected chi connectivity index (χ0v) is 13.3. The van der Waals surface area contributed by atoms with Gasteiger partial charge in [0.15, 0.2) is 6.10 Å². The van der Waals surface area contributed by atoms with Crippen LogP contribution in [0.5, 0.6) is 0 Å². The van der Waals surface area contributed by atoms with Gasteiger partial charge in [0.1, 0.15) is 10.6 Å². The predicted octanol–water partition coefficient (Wildman–Crippen LogP) is 3.15. The molecular weight excluding hydrogens is 320 g/mol. The fraction of sp³-hybridized carbons (Fsp3) is 0.200. The van der Waals surface area contributed by atoms with E-state index in [9.17, 15) is 19.7 Å². The molecule has 2 aromatic rings. The van der Waals surface area contributed by atoms with Crippen LogP contribution in [0.1, 0.15) is 22.2 Å². The molecule has 0 spiro atoms. The lowest BCUT2D eigenvalue weighted by atomic mass is 10.2. The van der Waals surface area contributed by atoms with Gasteiger partial charge in [-0.15, -0.1) is 11.3 Å². The number of amides is 1. The van der Waals surface area contributed by atoms with Crippen molar-refractivity contribution in [1.82, 2.24) is 0 Å². The molecule has 0 aliphatic rings. The number of benzene rings is 1. The van der Waals surface area contributed by atoms with Gasteiger partial charge in [-0.25, -0.2) is 4.79 Å². The number of carbonyl (C=O) groups excluding carboxylic acids is 2. The summed E-state index contributed by atoms with van der Waals surface area (Å²) >= 11 is 1.23. The molecule has 0 unspecified atom stereocenters. The van der Waals surface area contributed by atoms with Crippen LogP contribution in [0.15, 0.2) is 35.7 Å². The number of hydrogen-bond acceptors (Lipinski definition) is 6. The average molecular weight is 334 g/mol. The number of thiophene rings is 1. The zero-order chi connectivity index (χ0) is 17.0. The van der Waals surface area contributed by atoms with Crippen molar-refractivity contribution in [3.63, 3.8) is 0 Å². The highest BCUT2D eigenvalue weighted by atomic mass is 32.1. The van der Waals surface area contributed by atoms with Crippen LogP contribution in [0, 0.1) is 17.0 Å². The van der Waals surface area contributed by atoms with Gasteiger partial charge in [0.25, 0.3) is 11.6 Å². The summed E-state index contributed by atoms with van der Waals surface area (Å²) in [6.07, 6.45) is -1.08. The van der Waals surface area contributed by atoms with E-state index >= 15 is 0 Å². The maximum atomic E-state index is 12.1. The largest absolute Gasteiger partial charge is 0.448 e. The summed E-state index contributed by atoms with van der Waals surface area (Å²) in [5.41, 5.74) is 0.595.